The molecule has 9 nitrogen and oxygen atoms in total. The molecule has 2 amide bonds. The number of nitrogens with one attached hydrogen (secondary N) is 3. The summed E-state index contributed by atoms with van der Waals surface area (Å²) in [5.41, 5.74) is 0.500. The van der Waals surface area contributed by atoms with E-state index in [4.69, 9.17) is 4.74 Å². The molecule has 0 saturated heterocycles. The molecule has 0 spiro atoms. The third-order valence-electron chi connectivity index (χ3n) is 3.34. The fraction of sp³-hybridized carbons (Fsp3) is 0.353. The van der Waals surface area contributed by atoms with Crippen molar-refractivity contribution in [1.29, 1.82) is 0 Å². The molecular weight excluding hydrogens is 503 g/mol. The van der Waals surface area contributed by atoms with Gasteiger partial charge in [0.1, 0.15) is 11.6 Å². The smallest absolute Gasteiger partial charge is 0.315 e. The predicted octanol–water partition coefficient (Wildman–Crippen LogP) is 2.71. The van der Waals surface area contributed by atoms with Crippen LogP contribution in [0.5, 0.6) is 5.75 Å². The average molecular weight is 523 g/mol. The van der Waals surface area contributed by atoms with Crippen molar-refractivity contribution < 1.29 is 27.1 Å². The molecule has 3 N–H and O–H groups in total. The lowest BCUT2D eigenvalue weighted by atomic mass is 10.2. The van der Waals surface area contributed by atoms with Crippen molar-refractivity contribution in [3.63, 3.8) is 0 Å². The van der Waals surface area contributed by atoms with Crippen molar-refractivity contribution >= 4 is 59.9 Å². The largest absolute Gasteiger partial charge is 0.491 e. The van der Waals surface area contributed by atoms with E-state index in [0.717, 1.165) is 29.7 Å². The van der Waals surface area contributed by atoms with Crippen LogP contribution in [0, 0.1) is 11.7 Å². The number of benzene rings is 1. The van der Waals surface area contributed by atoms with Gasteiger partial charge in [0.2, 0.25) is 10.0 Å². The van der Waals surface area contributed by atoms with Crippen LogP contribution < -0.4 is 20.1 Å². The second-order valence-electron chi connectivity index (χ2n) is 6.59. The first-order chi connectivity index (χ1) is 13.9. The second kappa shape index (κ2) is 10.3. The Morgan fingerprint density at radius 1 is 1.27 bits per heavy atom. The van der Waals surface area contributed by atoms with Crippen molar-refractivity contribution in [2.24, 2.45) is 5.92 Å². The Morgan fingerprint density at radius 3 is 2.57 bits per heavy atom. The van der Waals surface area contributed by atoms with E-state index in [2.05, 4.69) is 36.3 Å². The molecule has 30 heavy (non-hydrogen) atoms. The maximum atomic E-state index is 13.5. The Balaban J connectivity index is 2.04. The quantitative estimate of drug-likeness (QED) is 0.457. The van der Waals surface area contributed by atoms with Crippen LogP contribution in [0.25, 0.3) is 0 Å². The van der Waals surface area contributed by atoms with Crippen LogP contribution in [-0.4, -0.2) is 38.1 Å². The number of aromatic nitrogens is 1. The molecule has 13 heteroatoms. The highest BCUT2D eigenvalue weighted by Crippen LogP contribution is 2.29. The van der Waals surface area contributed by atoms with Crippen molar-refractivity contribution in [3.05, 3.63) is 33.5 Å². The molecule has 0 radical (unpaired) electrons. The molecule has 2 aromatic rings. The second-order valence-corrected chi connectivity index (χ2v) is 10.7. The molecule has 2 rings (SSSR count). The van der Waals surface area contributed by atoms with Crippen LogP contribution in [0.15, 0.2) is 22.0 Å². The van der Waals surface area contributed by atoms with Gasteiger partial charge in [-0.3, -0.25) is 14.9 Å². The number of hydrogen-bond donors (Lipinski definition) is 3. The van der Waals surface area contributed by atoms with Crippen molar-refractivity contribution in [1.82, 2.24) is 9.71 Å². The molecule has 164 valence electrons. The molecule has 0 bridgehead atoms. The Kier molecular flexibility index (Phi) is 8.29. The minimum atomic E-state index is -3.41. The van der Waals surface area contributed by atoms with Gasteiger partial charge >= 0.3 is 11.8 Å². The zero-order chi connectivity index (χ0) is 22.5. The molecule has 1 aromatic carbocycles. The van der Waals surface area contributed by atoms with E-state index in [-0.39, 0.29) is 29.0 Å². The number of anilines is 2. The molecule has 0 aliphatic rings. The molecule has 0 fully saturated rings. The third kappa shape index (κ3) is 7.63. The van der Waals surface area contributed by atoms with E-state index < -0.39 is 27.7 Å². The van der Waals surface area contributed by atoms with Crippen LogP contribution in [0.2, 0.25) is 0 Å². The lowest BCUT2D eigenvalue weighted by Gasteiger charge is -2.13. The number of rotatable bonds is 8. The first-order valence-corrected chi connectivity index (χ1v) is 12.1. The van der Waals surface area contributed by atoms with Gasteiger partial charge in [0.25, 0.3) is 0 Å². The number of amides is 2. The lowest BCUT2D eigenvalue weighted by molar-refractivity contribution is -0.133. The number of carbonyl (C=O) groups is 2. The minimum absolute atomic E-state index is 0.0793. The highest BCUT2D eigenvalue weighted by atomic mass is 79.9. The zero-order valence-electron chi connectivity index (χ0n) is 16.3. The fourth-order valence-electron chi connectivity index (χ4n) is 2.00. The summed E-state index contributed by atoms with van der Waals surface area (Å²) in [5.74, 6) is -2.26. The predicted molar refractivity (Wildman–Crippen MR) is 115 cm³/mol. The van der Waals surface area contributed by atoms with E-state index >= 15 is 0 Å². The first kappa shape index (κ1) is 24.2. The number of thiazole rings is 1. The highest BCUT2D eigenvalue weighted by Gasteiger charge is 2.20. The molecule has 0 aliphatic carbocycles. The summed E-state index contributed by atoms with van der Waals surface area (Å²) in [6.45, 7) is 4.05. The van der Waals surface area contributed by atoms with Crippen molar-refractivity contribution in [3.8, 4) is 5.75 Å². The molecule has 0 atom stereocenters. The van der Waals surface area contributed by atoms with Gasteiger partial charge in [0.15, 0.2) is 5.13 Å². The number of nitrogens with zero attached hydrogens (tertiary/aromatic N) is 1. The summed E-state index contributed by atoms with van der Waals surface area (Å²) < 4.78 is 44.2. The van der Waals surface area contributed by atoms with Gasteiger partial charge in [-0.25, -0.2) is 22.5 Å². The summed E-state index contributed by atoms with van der Waals surface area (Å²) in [6, 6.07) is 3.55. The van der Waals surface area contributed by atoms with Gasteiger partial charge in [-0.15, -0.1) is 0 Å². The van der Waals surface area contributed by atoms with Crippen molar-refractivity contribution in [2.45, 2.75) is 20.4 Å². The van der Waals surface area contributed by atoms with Crippen LogP contribution in [0.3, 0.4) is 0 Å². The number of ether oxygens (including phenoxy) is 1. The fourth-order valence-corrected chi connectivity index (χ4v) is 3.80. The van der Waals surface area contributed by atoms with Gasteiger partial charge in [0, 0.05) is 6.07 Å². The monoisotopic (exact) mass is 522 g/mol. The van der Waals surface area contributed by atoms with Crippen molar-refractivity contribution in [2.75, 3.05) is 23.5 Å². The maximum Gasteiger partial charge on any atom is 0.315 e. The standard InChI is InChI=1S/C17H20BrFN4O5S2/c1-9(2)8-28-13-6-10(19)4-5-11(13)21-15(24)16(25)23-17-22-12(14(18)29-17)7-20-30(3,26)27/h4-6,9,20H,7-8H2,1-3H3,(H,21,24)(H,22,23,25). The Hall–Kier alpha value is -2.09. The summed E-state index contributed by atoms with van der Waals surface area (Å²) in [5, 5.41) is 4.81. The van der Waals surface area contributed by atoms with Crippen LogP contribution >= 0.6 is 27.3 Å². The van der Waals surface area contributed by atoms with Crippen LogP contribution in [0.4, 0.5) is 15.2 Å². The third-order valence-corrected chi connectivity index (χ3v) is 5.76. The molecule has 1 aromatic heterocycles. The van der Waals surface area contributed by atoms with Gasteiger partial charge in [0.05, 0.1) is 34.6 Å². The summed E-state index contributed by atoms with van der Waals surface area (Å²) in [6.07, 6.45) is 1.01. The van der Waals surface area contributed by atoms with Crippen LogP contribution in [-0.2, 0) is 26.2 Å². The number of hydrogen-bond acceptors (Lipinski definition) is 7. The maximum absolute atomic E-state index is 13.5. The average Bonchev–Trinajstić information content (AvgIpc) is 2.98. The van der Waals surface area contributed by atoms with E-state index in [9.17, 15) is 22.4 Å². The first-order valence-electron chi connectivity index (χ1n) is 8.59. The SMILES string of the molecule is CC(C)COc1cc(F)ccc1NC(=O)C(=O)Nc1nc(CNS(C)(=O)=O)c(Br)s1. The Morgan fingerprint density at radius 2 is 1.93 bits per heavy atom. The molecule has 0 saturated carbocycles. The molecule has 0 aliphatic heterocycles. The summed E-state index contributed by atoms with van der Waals surface area (Å²) in [7, 11) is -3.41. The van der Waals surface area contributed by atoms with Crippen LogP contribution in [0.1, 0.15) is 19.5 Å². The topological polar surface area (TPSA) is 126 Å². The number of halogens is 2. The minimum Gasteiger partial charge on any atom is -0.491 e. The summed E-state index contributed by atoms with van der Waals surface area (Å²) in [4.78, 5) is 28.5. The number of carbonyl (C=O) groups excluding carboxylic acids is 2. The summed E-state index contributed by atoms with van der Waals surface area (Å²) >= 11 is 4.25. The van der Waals surface area contributed by atoms with Gasteiger partial charge in [-0.1, -0.05) is 25.2 Å². The normalized spacial score (nSPS) is 11.4. The Bertz CT molecular complexity index is 1040. The van der Waals surface area contributed by atoms with E-state index in [1.807, 2.05) is 13.8 Å². The molecule has 0 unspecified atom stereocenters. The Labute approximate surface area is 185 Å². The molecule has 1 heterocycles. The van der Waals surface area contributed by atoms with Gasteiger partial charge in [-0.05, 0) is 34.0 Å². The van der Waals surface area contributed by atoms with E-state index in [0.29, 0.717) is 16.1 Å². The lowest BCUT2D eigenvalue weighted by Crippen LogP contribution is -2.29. The van der Waals surface area contributed by atoms with E-state index in [1.165, 1.54) is 6.07 Å². The van der Waals surface area contributed by atoms with E-state index in [1.54, 1.807) is 0 Å². The molecular formula is C17H20BrFN4O5S2. The highest BCUT2D eigenvalue weighted by molar-refractivity contribution is 9.11. The zero-order valence-corrected chi connectivity index (χ0v) is 19.5. The van der Waals surface area contributed by atoms with Gasteiger partial charge < -0.3 is 10.1 Å². The van der Waals surface area contributed by atoms with Gasteiger partial charge in [-0.2, -0.15) is 0 Å². The number of sulfonamides is 1.